The summed E-state index contributed by atoms with van der Waals surface area (Å²) in [6.45, 7) is 3.49. The largest absolute Gasteiger partial charge is 0.493 e. The third-order valence-electron chi connectivity index (χ3n) is 5.06. The van der Waals surface area contributed by atoms with Crippen molar-refractivity contribution in [2.24, 2.45) is 5.92 Å². The highest BCUT2D eigenvalue weighted by molar-refractivity contribution is 7.12. The average molecular weight is 403 g/mol. The fourth-order valence-electron chi connectivity index (χ4n) is 3.69. The van der Waals surface area contributed by atoms with E-state index in [4.69, 9.17) is 9.47 Å². The van der Waals surface area contributed by atoms with Crippen molar-refractivity contribution in [3.8, 4) is 11.5 Å². The molecule has 1 saturated heterocycles. The lowest BCUT2D eigenvalue weighted by atomic mass is 9.87. The van der Waals surface area contributed by atoms with Crippen LogP contribution in [-0.2, 0) is 4.79 Å². The van der Waals surface area contributed by atoms with Gasteiger partial charge >= 0.3 is 0 Å². The summed E-state index contributed by atoms with van der Waals surface area (Å²) in [7, 11) is 3.19. The van der Waals surface area contributed by atoms with Crippen molar-refractivity contribution in [2.45, 2.75) is 19.3 Å². The molecule has 0 radical (unpaired) electrons. The van der Waals surface area contributed by atoms with Gasteiger partial charge in [0.05, 0.1) is 25.0 Å². The van der Waals surface area contributed by atoms with Crippen LogP contribution in [0.15, 0.2) is 35.7 Å². The van der Waals surface area contributed by atoms with E-state index in [0.29, 0.717) is 36.0 Å². The van der Waals surface area contributed by atoms with Crippen LogP contribution in [0, 0.1) is 5.92 Å². The van der Waals surface area contributed by atoms with Gasteiger partial charge in [-0.2, -0.15) is 0 Å². The molecule has 150 valence electrons. The van der Waals surface area contributed by atoms with Crippen molar-refractivity contribution in [1.29, 1.82) is 0 Å². The molecule has 2 heterocycles. The second-order valence-electron chi connectivity index (χ2n) is 6.77. The number of para-hydroxylation sites is 1. The van der Waals surface area contributed by atoms with Crippen molar-refractivity contribution in [1.82, 2.24) is 10.2 Å². The molecule has 2 unspecified atom stereocenters. The van der Waals surface area contributed by atoms with Crippen LogP contribution in [0.1, 0.15) is 34.5 Å². The zero-order chi connectivity index (χ0) is 20.1. The molecule has 1 N–H and O–H groups in total. The number of hydrogen-bond donors (Lipinski definition) is 1. The van der Waals surface area contributed by atoms with Crippen molar-refractivity contribution < 1.29 is 19.1 Å². The maximum atomic E-state index is 12.9. The van der Waals surface area contributed by atoms with Gasteiger partial charge in [0, 0.05) is 31.1 Å². The number of carbonyl (C=O) groups excluding carboxylic acids is 2. The van der Waals surface area contributed by atoms with Crippen LogP contribution in [0.4, 0.5) is 0 Å². The fourth-order valence-corrected chi connectivity index (χ4v) is 4.38. The quantitative estimate of drug-likeness (QED) is 0.773. The van der Waals surface area contributed by atoms with Crippen LogP contribution >= 0.6 is 11.3 Å². The van der Waals surface area contributed by atoms with E-state index in [9.17, 15) is 9.59 Å². The summed E-state index contributed by atoms with van der Waals surface area (Å²) in [5.74, 6) is 0.678. The second-order valence-corrected chi connectivity index (χ2v) is 7.72. The van der Waals surface area contributed by atoms with Gasteiger partial charge in [-0.3, -0.25) is 9.59 Å². The van der Waals surface area contributed by atoms with Gasteiger partial charge < -0.3 is 19.7 Å². The lowest BCUT2D eigenvalue weighted by molar-refractivity contribution is -0.124. The molecule has 1 aliphatic heterocycles. The molecule has 2 amide bonds. The molecule has 2 atom stereocenters. The molecule has 0 saturated carbocycles. The van der Waals surface area contributed by atoms with Gasteiger partial charge in [0.25, 0.3) is 5.91 Å². The van der Waals surface area contributed by atoms with E-state index in [2.05, 4.69) is 5.32 Å². The SMILES string of the molecule is CCCNC(=O)C1CN(C(=O)c2cccs2)CC1c1cccc(OC)c1OC. The first-order valence-corrected chi connectivity index (χ1v) is 10.3. The second kappa shape index (κ2) is 9.10. The first-order valence-electron chi connectivity index (χ1n) is 9.42. The average Bonchev–Trinajstić information content (AvgIpc) is 3.41. The summed E-state index contributed by atoms with van der Waals surface area (Å²) >= 11 is 1.42. The van der Waals surface area contributed by atoms with Crippen molar-refractivity contribution >= 4 is 23.2 Å². The van der Waals surface area contributed by atoms with Crippen LogP contribution in [-0.4, -0.2) is 50.6 Å². The van der Waals surface area contributed by atoms with Gasteiger partial charge in [0.15, 0.2) is 11.5 Å². The Bertz CT molecular complexity index is 822. The molecule has 1 aromatic carbocycles. The normalized spacial score (nSPS) is 18.8. The van der Waals surface area contributed by atoms with E-state index >= 15 is 0 Å². The summed E-state index contributed by atoms with van der Waals surface area (Å²) < 4.78 is 11.0. The summed E-state index contributed by atoms with van der Waals surface area (Å²) in [5, 5.41) is 4.87. The number of ether oxygens (including phenoxy) is 2. The molecule has 1 aliphatic rings. The van der Waals surface area contributed by atoms with Gasteiger partial charge in [0.1, 0.15) is 0 Å². The number of benzene rings is 1. The Morgan fingerprint density at radius 1 is 1.18 bits per heavy atom. The smallest absolute Gasteiger partial charge is 0.263 e. The number of nitrogens with one attached hydrogen (secondary N) is 1. The van der Waals surface area contributed by atoms with Crippen molar-refractivity contribution in [3.63, 3.8) is 0 Å². The Hall–Kier alpha value is -2.54. The highest BCUT2D eigenvalue weighted by Gasteiger charge is 2.42. The molecule has 0 spiro atoms. The van der Waals surface area contributed by atoms with Crippen LogP contribution < -0.4 is 14.8 Å². The minimum Gasteiger partial charge on any atom is -0.493 e. The summed E-state index contributed by atoms with van der Waals surface area (Å²) in [4.78, 5) is 28.2. The third-order valence-corrected chi connectivity index (χ3v) is 5.92. The number of rotatable bonds is 7. The van der Waals surface area contributed by atoms with Crippen LogP contribution in [0.25, 0.3) is 0 Å². The predicted octanol–water partition coefficient (Wildman–Crippen LogP) is 3.15. The number of thiophene rings is 1. The molecule has 1 aromatic heterocycles. The molecule has 7 heteroatoms. The maximum absolute atomic E-state index is 12.9. The Kier molecular flexibility index (Phi) is 6.57. The molecular formula is C21H26N2O4S. The highest BCUT2D eigenvalue weighted by Crippen LogP contribution is 2.42. The summed E-state index contributed by atoms with van der Waals surface area (Å²) in [6.07, 6.45) is 0.865. The van der Waals surface area contributed by atoms with Crippen LogP contribution in [0.5, 0.6) is 11.5 Å². The van der Waals surface area contributed by atoms with E-state index in [0.717, 1.165) is 12.0 Å². The Balaban J connectivity index is 1.94. The van der Waals surface area contributed by atoms with Crippen LogP contribution in [0.3, 0.4) is 0 Å². The summed E-state index contributed by atoms with van der Waals surface area (Å²) in [6, 6.07) is 9.35. The van der Waals surface area contributed by atoms with Gasteiger partial charge in [-0.25, -0.2) is 0 Å². The monoisotopic (exact) mass is 402 g/mol. The maximum Gasteiger partial charge on any atom is 0.263 e. The lowest BCUT2D eigenvalue weighted by Gasteiger charge is -2.21. The molecule has 2 aromatic rings. The topological polar surface area (TPSA) is 67.9 Å². The molecule has 6 nitrogen and oxygen atoms in total. The number of amides is 2. The first-order chi connectivity index (χ1) is 13.6. The van der Waals surface area contributed by atoms with Gasteiger partial charge in [-0.1, -0.05) is 25.1 Å². The fraction of sp³-hybridized carbons (Fsp3) is 0.429. The Labute approximate surface area is 169 Å². The van der Waals surface area contributed by atoms with E-state index < -0.39 is 0 Å². The van der Waals surface area contributed by atoms with E-state index in [-0.39, 0.29) is 23.7 Å². The van der Waals surface area contributed by atoms with Gasteiger partial charge in [-0.05, 0) is 23.9 Å². The Morgan fingerprint density at radius 2 is 2.00 bits per heavy atom. The minimum absolute atomic E-state index is 0.0294. The van der Waals surface area contributed by atoms with Crippen molar-refractivity contribution in [3.05, 3.63) is 46.2 Å². The van der Waals surface area contributed by atoms with Gasteiger partial charge in [-0.15, -0.1) is 11.3 Å². The number of hydrogen-bond acceptors (Lipinski definition) is 5. The molecule has 0 aliphatic carbocycles. The highest BCUT2D eigenvalue weighted by atomic mass is 32.1. The Morgan fingerprint density at radius 3 is 2.64 bits per heavy atom. The molecule has 28 heavy (non-hydrogen) atoms. The zero-order valence-electron chi connectivity index (χ0n) is 16.4. The number of carbonyl (C=O) groups is 2. The predicted molar refractivity (Wildman–Crippen MR) is 109 cm³/mol. The van der Waals surface area contributed by atoms with Gasteiger partial charge in [0.2, 0.25) is 5.91 Å². The van der Waals surface area contributed by atoms with Crippen LogP contribution in [0.2, 0.25) is 0 Å². The molecule has 3 rings (SSSR count). The third kappa shape index (κ3) is 3.99. The molecule has 0 bridgehead atoms. The van der Waals surface area contributed by atoms with E-state index in [1.165, 1.54) is 11.3 Å². The standard InChI is InChI=1S/C21H26N2O4S/c1-4-10-22-20(24)16-13-23(21(25)18-9-6-11-28-18)12-15(16)14-7-5-8-17(26-2)19(14)27-3/h5-9,11,15-16H,4,10,12-13H2,1-3H3,(H,22,24). The lowest BCUT2D eigenvalue weighted by Crippen LogP contribution is -2.35. The summed E-state index contributed by atoms with van der Waals surface area (Å²) in [5.41, 5.74) is 0.889. The minimum atomic E-state index is -0.337. The van der Waals surface area contributed by atoms with E-state index in [1.807, 2.05) is 42.6 Å². The first kappa shape index (κ1) is 20.2. The molecule has 1 fully saturated rings. The zero-order valence-corrected chi connectivity index (χ0v) is 17.3. The number of likely N-dealkylation sites (tertiary alicyclic amines) is 1. The van der Waals surface area contributed by atoms with E-state index in [1.54, 1.807) is 19.1 Å². The number of methoxy groups -OCH3 is 2. The number of nitrogens with zero attached hydrogens (tertiary/aromatic N) is 1. The molecular weight excluding hydrogens is 376 g/mol. The van der Waals surface area contributed by atoms with Crippen molar-refractivity contribution in [2.75, 3.05) is 33.9 Å².